The van der Waals surface area contributed by atoms with Gasteiger partial charge in [-0.25, -0.2) is 0 Å². The van der Waals surface area contributed by atoms with Gasteiger partial charge in [-0.15, -0.1) is 0 Å². The molecule has 0 saturated carbocycles. The summed E-state index contributed by atoms with van der Waals surface area (Å²) in [6.07, 6.45) is 29.0. The molecule has 1 amide bonds. The molecular weight excluding hydrogens is 306 g/mol. The van der Waals surface area contributed by atoms with Gasteiger partial charge in [-0.2, -0.15) is 0 Å². The van der Waals surface area contributed by atoms with E-state index in [0.717, 1.165) is 32.4 Å². The van der Waals surface area contributed by atoms with Crippen LogP contribution in [0.4, 0.5) is 0 Å². The van der Waals surface area contributed by atoms with Crippen LogP contribution < -0.4 is 0 Å². The zero-order valence-corrected chi connectivity index (χ0v) is 16.4. The molecule has 0 aliphatic carbocycles. The minimum atomic E-state index is 0.173. The number of amides is 1. The number of piperidine rings is 1. The fraction of sp³-hybridized carbons (Fsp3) is 0.696. The Hall–Kier alpha value is -1.31. The van der Waals surface area contributed by atoms with Crippen molar-refractivity contribution in [3.05, 3.63) is 36.5 Å². The summed E-state index contributed by atoms with van der Waals surface area (Å²) in [6.45, 7) is 4.12. The molecule has 0 unspecified atom stereocenters. The van der Waals surface area contributed by atoms with Crippen molar-refractivity contribution >= 4 is 5.91 Å². The van der Waals surface area contributed by atoms with Gasteiger partial charge >= 0.3 is 0 Å². The molecular formula is C23H39NO. The van der Waals surface area contributed by atoms with Crippen molar-refractivity contribution in [1.82, 2.24) is 4.90 Å². The summed E-state index contributed by atoms with van der Waals surface area (Å²) in [5.74, 6) is 0.173. The van der Waals surface area contributed by atoms with Crippen LogP contribution in [-0.2, 0) is 4.79 Å². The van der Waals surface area contributed by atoms with Crippen LogP contribution in [0.3, 0.4) is 0 Å². The smallest absolute Gasteiger partial charge is 0.246 e. The maximum Gasteiger partial charge on any atom is 0.246 e. The summed E-state index contributed by atoms with van der Waals surface area (Å²) < 4.78 is 0. The fourth-order valence-corrected chi connectivity index (χ4v) is 3.16. The van der Waals surface area contributed by atoms with E-state index in [1.807, 2.05) is 17.1 Å². The van der Waals surface area contributed by atoms with Crippen molar-refractivity contribution in [3.63, 3.8) is 0 Å². The Morgan fingerprint density at radius 2 is 1.36 bits per heavy atom. The first kappa shape index (κ1) is 21.7. The van der Waals surface area contributed by atoms with Gasteiger partial charge in [0.2, 0.25) is 5.91 Å². The van der Waals surface area contributed by atoms with Crippen molar-refractivity contribution in [1.29, 1.82) is 0 Å². The Kier molecular flexibility index (Phi) is 14.1. The number of allylic oxidation sites excluding steroid dienone is 5. The average Bonchev–Trinajstić information content (AvgIpc) is 2.65. The van der Waals surface area contributed by atoms with Gasteiger partial charge in [-0.05, 0) is 57.8 Å². The van der Waals surface area contributed by atoms with Crippen LogP contribution >= 0.6 is 0 Å². The summed E-state index contributed by atoms with van der Waals surface area (Å²) in [4.78, 5) is 13.9. The molecule has 2 heteroatoms. The Morgan fingerprint density at radius 3 is 2.00 bits per heavy atom. The molecule has 0 atom stereocenters. The topological polar surface area (TPSA) is 20.3 Å². The first-order chi connectivity index (χ1) is 12.3. The van der Waals surface area contributed by atoms with Gasteiger partial charge in [0, 0.05) is 19.2 Å². The molecule has 2 nitrogen and oxygen atoms in total. The highest BCUT2D eigenvalue weighted by Crippen LogP contribution is 2.09. The normalized spacial score (nSPS) is 15.8. The standard InChI is InChI=1S/C23H39NO/c1-2-3-4-5-6-7-8-9-10-11-12-13-14-15-17-20-23(25)24-21-18-16-19-22-24/h6-7,14-15,17,20H,2-5,8-13,16,18-19,21-22H2,1H3/b7-6-,15-14+,20-17+. The highest BCUT2D eigenvalue weighted by molar-refractivity contribution is 5.87. The van der Waals surface area contributed by atoms with Crippen LogP contribution in [-0.4, -0.2) is 23.9 Å². The van der Waals surface area contributed by atoms with Crippen molar-refractivity contribution in [3.8, 4) is 0 Å². The SMILES string of the molecule is CCCCC/C=C\CCCCCC/C=C/C=C/C(=O)N1CCCCC1. The molecule has 1 aliphatic heterocycles. The zero-order valence-electron chi connectivity index (χ0n) is 16.4. The first-order valence-electron chi connectivity index (χ1n) is 10.6. The molecule has 1 fully saturated rings. The summed E-state index contributed by atoms with van der Waals surface area (Å²) in [7, 11) is 0. The monoisotopic (exact) mass is 345 g/mol. The molecule has 0 bridgehead atoms. The van der Waals surface area contributed by atoms with E-state index in [1.165, 1.54) is 64.2 Å². The maximum absolute atomic E-state index is 11.9. The van der Waals surface area contributed by atoms with Crippen LogP contribution in [0.2, 0.25) is 0 Å². The lowest BCUT2D eigenvalue weighted by molar-refractivity contribution is -0.126. The number of carbonyl (C=O) groups is 1. The highest BCUT2D eigenvalue weighted by atomic mass is 16.2. The molecule has 0 aromatic heterocycles. The third-order valence-corrected chi connectivity index (χ3v) is 4.79. The molecule has 0 spiro atoms. The van der Waals surface area contributed by atoms with E-state index in [4.69, 9.17) is 0 Å². The zero-order chi connectivity index (χ0) is 18.0. The Morgan fingerprint density at radius 1 is 0.760 bits per heavy atom. The molecule has 0 aromatic carbocycles. The molecule has 1 rings (SSSR count). The van der Waals surface area contributed by atoms with Gasteiger partial charge < -0.3 is 4.90 Å². The van der Waals surface area contributed by atoms with Crippen LogP contribution in [0.25, 0.3) is 0 Å². The van der Waals surface area contributed by atoms with Gasteiger partial charge in [0.15, 0.2) is 0 Å². The van der Waals surface area contributed by atoms with Crippen LogP contribution in [0.15, 0.2) is 36.5 Å². The number of rotatable bonds is 13. The lowest BCUT2D eigenvalue weighted by atomic mass is 10.1. The van der Waals surface area contributed by atoms with Gasteiger partial charge in [-0.1, -0.05) is 63.0 Å². The molecule has 0 aromatic rings. The van der Waals surface area contributed by atoms with Crippen molar-refractivity contribution in [2.75, 3.05) is 13.1 Å². The minimum absolute atomic E-state index is 0.173. The molecule has 1 heterocycles. The Balaban J connectivity index is 1.91. The van der Waals surface area contributed by atoms with Crippen LogP contribution in [0.1, 0.15) is 90.4 Å². The van der Waals surface area contributed by atoms with Crippen molar-refractivity contribution in [2.24, 2.45) is 0 Å². The fourth-order valence-electron chi connectivity index (χ4n) is 3.16. The predicted octanol–water partition coefficient (Wildman–Crippen LogP) is 6.59. The predicted molar refractivity (Wildman–Crippen MR) is 110 cm³/mol. The van der Waals surface area contributed by atoms with E-state index in [1.54, 1.807) is 6.08 Å². The number of carbonyl (C=O) groups excluding carboxylic acids is 1. The molecule has 1 aliphatic rings. The quantitative estimate of drug-likeness (QED) is 0.160. The molecule has 25 heavy (non-hydrogen) atoms. The third-order valence-electron chi connectivity index (χ3n) is 4.79. The minimum Gasteiger partial charge on any atom is -0.339 e. The largest absolute Gasteiger partial charge is 0.339 e. The van der Waals surface area contributed by atoms with Crippen LogP contribution in [0, 0.1) is 0 Å². The molecule has 0 N–H and O–H groups in total. The van der Waals surface area contributed by atoms with E-state index >= 15 is 0 Å². The highest BCUT2D eigenvalue weighted by Gasteiger charge is 2.12. The molecule has 0 radical (unpaired) electrons. The number of nitrogens with zero attached hydrogens (tertiary/aromatic N) is 1. The van der Waals surface area contributed by atoms with Gasteiger partial charge in [0.1, 0.15) is 0 Å². The molecule has 1 saturated heterocycles. The molecule has 142 valence electrons. The van der Waals surface area contributed by atoms with Crippen molar-refractivity contribution < 1.29 is 4.79 Å². The van der Waals surface area contributed by atoms with E-state index in [-0.39, 0.29) is 5.91 Å². The second kappa shape index (κ2) is 16.2. The Bertz CT molecular complexity index is 402. The number of hydrogen-bond acceptors (Lipinski definition) is 1. The van der Waals surface area contributed by atoms with E-state index < -0.39 is 0 Å². The Labute approximate surface area is 156 Å². The summed E-state index contributed by atoms with van der Waals surface area (Å²) in [5, 5.41) is 0. The van der Waals surface area contributed by atoms with E-state index in [9.17, 15) is 4.79 Å². The lowest BCUT2D eigenvalue weighted by Crippen LogP contribution is -2.34. The van der Waals surface area contributed by atoms with Gasteiger partial charge in [0.25, 0.3) is 0 Å². The summed E-state index contributed by atoms with van der Waals surface area (Å²) in [5.41, 5.74) is 0. The van der Waals surface area contributed by atoms with Gasteiger partial charge in [-0.3, -0.25) is 4.79 Å². The number of likely N-dealkylation sites (tertiary alicyclic amines) is 1. The average molecular weight is 346 g/mol. The second-order valence-corrected chi connectivity index (χ2v) is 7.13. The lowest BCUT2D eigenvalue weighted by Gasteiger charge is -2.25. The van der Waals surface area contributed by atoms with E-state index in [0.29, 0.717) is 0 Å². The summed E-state index contributed by atoms with van der Waals surface area (Å²) in [6, 6.07) is 0. The number of unbranched alkanes of at least 4 members (excludes halogenated alkanes) is 8. The second-order valence-electron chi connectivity index (χ2n) is 7.13. The van der Waals surface area contributed by atoms with Gasteiger partial charge in [0.05, 0.1) is 0 Å². The summed E-state index contributed by atoms with van der Waals surface area (Å²) >= 11 is 0. The maximum atomic E-state index is 11.9. The van der Waals surface area contributed by atoms with Crippen LogP contribution in [0.5, 0.6) is 0 Å². The van der Waals surface area contributed by atoms with Crippen molar-refractivity contribution in [2.45, 2.75) is 90.4 Å². The number of hydrogen-bond donors (Lipinski definition) is 0. The van der Waals surface area contributed by atoms with E-state index in [2.05, 4.69) is 25.2 Å². The first-order valence-corrected chi connectivity index (χ1v) is 10.6. The third kappa shape index (κ3) is 12.7.